The lowest BCUT2D eigenvalue weighted by molar-refractivity contribution is -0.146. The van der Waals surface area contributed by atoms with E-state index in [0.717, 1.165) is 13.0 Å². The number of aliphatic hydroxyl groups is 2. The monoisotopic (exact) mass is 448 g/mol. The van der Waals surface area contributed by atoms with E-state index in [1.807, 2.05) is 6.26 Å². The average Bonchev–Trinajstić information content (AvgIpc) is 3.20. The third-order valence-corrected chi connectivity index (χ3v) is 5.37. The molecule has 11 nitrogen and oxygen atoms in total. The van der Waals surface area contributed by atoms with E-state index in [0.29, 0.717) is 18.6 Å². The average molecular weight is 449 g/mol. The summed E-state index contributed by atoms with van der Waals surface area (Å²) < 4.78 is 0. The van der Waals surface area contributed by atoms with Crippen LogP contribution >= 0.6 is 11.8 Å². The van der Waals surface area contributed by atoms with Crippen LogP contribution in [0.15, 0.2) is 0 Å². The number of aliphatic hydroxyl groups excluding tert-OH is 2. The molecule has 1 aliphatic heterocycles. The number of hydrogen-bond acceptors (Lipinski definition) is 8. The summed E-state index contributed by atoms with van der Waals surface area (Å²) >= 11 is 1.48. The van der Waals surface area contributed by atoms with Gasteiger partial charge in [0, 0.05) is 0 Å². The van der Waals surface area contributed by atoms with Gasteiger partial charge < -0.3 is 36.6 Å². The van der Waals surface area contributed by atoms with Crippen molar-refractivity contribution >= 4 is 35.5 Å². The van der Waals surface area contributed by atoms with Gasteiger partial charge in [-0.3, -0.25) is 14.4 Å². The summed E-state index contributed by atoms with van der Waals surface area (Å²) in [5.41, 5.74) is 0. The van der Waals surface area contributed by atoms with E-state index in [2.05, 4.69) is 21.3 Å². The van der Waals surface area contributed by atoms with Gasteiger partial charge in [-0.1, -0.05) is 0 Å². The van der Waals surface area contributed by atoms with Crippen LogP contribution < -0.4 is 21.3 Å². The Bertz CT molecular complexity index is 611. The van der Waals surface area contributed by atoms with Crippen molar-refractivity contribution in [1.82, 2.24) is 21.3 Å². The molecule has 3 amide bonds. The smallest absolute Gasteiger partial charge is 0.328 e. The van der Waals surface area contributed by atoms with E-state index < -0.39 is 48.1 Å². The maximum Gasteiger partial charge on any atom is 0.328 e. The van der Waals surface area contributed by atoms with E-state index >= 15 is 0 Å². The Kier molecular flexibility index (Phi) is 11.1. The van der Waals surface area contributed by atoms with Gasteiger partial charge in [-0.05, 0) is 51.7 Å². The highest BCUT2D eigenvalue weighted by Gasteiger charge is 2.34. The lowest BCUT2D eigenvalue weighted by Crippen LogP contribution is -2.60. The molecule has 0 aromatic rings. The number of carbonyl (C=O) groups is 4. The van der Waals surface area contributed by atoms with Crippen molar-refractivity contribution in [2.24, 2.45) is 0 Å². The Morgan fingerprint density at radius 2 is 1.63 bits per heavy atom. The topological polar surface area (TPSA) is 177 Å². The van der Waals surface area contributed by atoms with Crippen molar-refractivity contribution < 1.29 is 34.5 Å². The molecule has 0 saturated carbocycles. The molecule has 6 unspecified atom stereocenters. The molecule has 1 fully saturated rings. The third-order valence-electron chi connectivity index (χ3n) is 4.73. The second-order valence-electron chi connectivity index (χ2n) is 7.28. The maximum atomic E-state index is 12.8. The van der Waals surface area contributed by atoms with Crippen LogP contribution in [0.25, 0.3) is 0 Å². The second-order valence-corrected chi connectivity index (χ2v) is 8.27. The zero-order valence-electron chi connectivity index (χ0n) is 17.4. The first-order valence-corrected chi connectivity index (χ1v) is 11.2. The second kappa shape index (κ2) is 12.7. The highest BCUT2D eigenvalue weighted by atomic mass is 32.2. The van der Waals surface area contributed by atoms with Gasteiger partial charge in [0.05, 0.1) is 18.2 Å². The number of amides is 3. The fourth-order valence-corrected chi connectivity index (χ4v) is 3.45. The van der Waals surface area contributed by atoms with E-state index in [1.165, 1.54) is 25.6 Å². The van der Waals surface area contributed by atoms with Crippen LogP contribution in [0.1, 0.15) is 33.1 Å². The van der Waals surface area contributed by atoms with Crippen molar-refractivity contribution in [2.45, 2.75) is 69.5 Å². The largest absolute Gasteiger partial charge is 0.480 e. The molecule has 1 heterocycles. The van der Waals surface area contributed by atoms with Crippen LogP contribution in [-0.2, 0) is 19.2 Å². The first-order valence-electron chi connectivity index (χ1n) is 9.80. The number of hydrogen-bond donors (Lipinski definition) is 7. The van der Waals surface area contributed by atoms with Gasteiger partial charge in [-0.2, -0.15) is 11.8 Å². The molecule has 30 heavy (non-hydrogen) atoms. The van der Waals surface area contributed by atoms with Gasteiger partial charge >= 0.3 is 5.97 Å². The van der Waals surface area contributed by atoms with Crippen molar-refractivity contribution in [1.29, 1.82) is 0 Å². The molecule has 0 aliphatic carbocycles. The number of rotatable bonds is 12. The Morgan fingerprint density at radius 3 is 2.10 bits per heavy atom. The summed E-state index contributed by atoms with van der Waals surface area (Å²) in [5, 5.41) is 38.8. The Balaban J connectivity index is 2.85. The molecule has 0 aromatic heterocycles. The molecule has 0 bridgehead atoms. The molecule has 0 aromatic carbocycles. The molecule has 1 rings (SSSR count). The summed E-state index contributed by atoms with van der Waals surface area (Å²) in [6, 6.07) is -4.37. The van der Waals surface area contributed by atoms with Gasteiger partial charge in [0.1, 0.15) is 12.1 Å². The van der Waals surface area contributed by atoms with Gasteiger partial charge in [-0.25, -0.2) is 4.79 Å². The number of carbonyl (C=O) groups excluding carboxylic acids is 3. The van der Waals surface area contributed by atoms with Gasteiger partial charge in [-0.15, -0.1) is 0 Å². The highest BCUT2D eigenvalue weighted by molar-refractivity contribution is 7.98. The number of carboxylic acid groups (broad SMARTS) is 1. The van der Waals surface area contributed by atoms with Crippen LogP contribution in [-0.4, -0.2) is 93.9 Å². The third kappa shape index (κ3) is 8.09. The summed E-state index contributed by atoms with van der Waals surface area (Å²) in [6.07, 6.45) is 0.958. The molecule has 172 valence electrons. The minimum Gasteiger partial charge on any atom is -0.480 e. The highest BCUT2D eigenvalue weighted by Crippen LogP contribution is 2.08. The van der Waals surface area contributed by atoms with E-state index in [9.17, 15) is 29.4 Å². The van der Waals surface area contributed by atoms with E-state index in [-0.39, 0.29) is 11.9 Å². The first kappa shape index (κ1) is 26.1. The SMILES string of the molecule is CSCCC(NC(=O)C1CCCN1)C(=O)NC(C(=O)NC(C(=O)O)C(C)O)C(C)O. The molecule has 7 N–H and O–H groups in total. The molecule has 6 atom stereocenters. The van der Waals surface area contributed by atoms with Gasteiger partial charge in [0.2, 0.25) is 17.7 Å². The maximum absolute atomic E-state index is 12.8. The summed E-state index contributed by atoms with van der Waals surface area (Å²) in [5.74, 6) is -2.82. The number of aliphatic carboxylic acids is 1. The molecule has 1 aliphatic rings. The van der Waals surface area contributed by atoms with Crippen molar-refractivity contribution in [3.8, 4) is 0 Å². The fourth-order valence-electron chi connectivity index (χ4n) is 2.98. The predicted octanol–water partition coefficient (Wildman–Crippen LogP) is -2.21. The van der Waals surface area contributed by atoms with Crippen molar-refractivity contribution in [3.63, 3.8) is 0 Å². The van der Waals surface area contributed by atoms with Crippen LogP contribution in [0.4, 0.5) is 0 Å². The first-order chi connectivity index (χ1) is 14.1. The minimum absolute atomic E-state index is 0.311. The zero-order chi connectivity index (χ0) is 22.8. The number of carboxylic acids is 1. The number of thioether (sulfide) groups is 1. The molecule has 12 heteroatoms. The van der Waals surface area contributed by atoms with E-state index in [1.54, 1.807) is 0 Å². The summed E-state index contributed by atoms with van der Waals surface area (Å²) in [4.78, 5) is 48.8. The summed E-state index contributed by atoms with van der Waals surface area (Å²) in [7, 11) is 0. The van der Waals surface area contributed by atoms with Gasteiger partial charge in [0.25, 0.3) is 0 Å². The van der Waals surface area contributed by atoms with Crippen molar-refractivity contribution in [2.75, 3.05) is 18.6 Å². The fraction of sp³-hybridized carbons (Fsp3) is 0.778. The summed E-state index contributed by atoms with van der Waals surface area (Å²) in [6.45, 7) is 3.18. The molecule has 0 radical (unpaired) electrons. The Hall–Kier alpha value is -1.89. The van der Waals surface area contributed by atoms with Crippen LogP contribution in [0.5, 0.6) is 0 Å². The molecule has 1 saturated heterocycles. The Morgan fingerprint density at radius 1 is 1.03 bits per heavy atom. The lowest BCUT2D eigenvalue weighted by atomic mass is 10.1. The van der Waals surface area contributed by atoms with Gasteiger partial charge in [0.15, 0.2) is 6.04 Å². The normalized spacial score (nSPS) is 21.0. The quantitative estimate of drug-likeness (QED) is 0.174. The van der Waals surface area contributed by atoms with E-state index in [4.69, 9.17) is 5.11 Å². The van der Waals surface area contributed by atoms with Crippen molar-refractivity contribution in [3.05, 3.63) is 0 Å². The van der Waals surface area contributed by atoms with Crippen LogP contribution in [0.2, 0.25) is 0 Å². The number of nitrogens with one attached hydrogen (secondary N) is 4. The lowest BCUT2D eigenvalue weighted by Gasteiger charge is -2.27. The zero-order valence-corrected chi connectivity index (χ0v) is 18.2. The minimum atomic E-state index is -1.60. The molecular formula is C18H32N4O7S. The standard InChI is InChI=1S/C18H32N4O7S/c1-9(23)13(17(27)22-14(10(2)24)18(28)29)21-16(26)12(6-8-30-3)20-15(25)11-5-4-7-19-11/h9-14,19,23-24H,4-8H2,1-3H3,(H,20,25)(H,21,26)(H,22,27)(H,28,29). The predicted molar refractivity (Wildman–Crippen MR) is 111 cm³/mol. The Labute approximate surface area is 179 Å². The molecular weight excluding hydrogens is 416 g/mol. The van der Waals surface area contributed by atoms with Crippen LogP contribution in [0, 0.1) is 0 Å². The molecule has 0 spiro atoms. The van der Waals surface area contributed by atoms with Crippen LogP contribution in [0.3, 0.4) is 0 Å².